The highest BCUT2D eigenvalue weighted by atomic mass is 79.9. The zero-order valence-electron chi connectivity index (χ0n) is 9.99. The smallest absolute Gasteiger partial charge is 0.182 e. The molecule has 1 aromatic rings. The van der Waals surface area contributed by atoms with Crippen LogP contribution in [0.3, 0.4) is 0 Å². The first-order valence-electron chi connectivity index (χ1n) is 5.96. The lowest BCUT2D eigenvalue weighted by molar-refractivity contribution is 0.0921. The second-order valence-corrected chi connectivity index (χ2v) is 5.34. The molecule has 17 heavy (non-hydrogen) atoms. The fraction of sp³-hybridized carbons (Fsp3) is 0.667. The van der Waals surface area contributed by atoms with Crippen molar-refractivity contribution in [3.63, 3.8) is 0 Å². The van der Waals surface area contributed by atoms with Crippen molar-refractivity contribution in [2.45, 2.75) is 32.2 Å². The van der Waals surface area contributed by atoms with Crippen LogP contribution in [0.1, 0.15) is 36.2 Å². The van der Waals surface area contributed by atoms with Crippen molar-refractivity contribution in [1.29, 1.82) is 0 Å². The van der Waals surface area contributed by atoms with E-state index < -0.39 is 0 Å². The molecule has 0 radical (unpaired) electrons. The summed E-state index contributed by atoms with van der Waals surface area (Å²) in [6.45, 7) is 1.19. The molecule has 4 nitrogen and oxygen atoms in total. The largest absolute Gasteiger partial charge is 0.383 e. The van der Waals surface area contributed by atoms with Gasteiger partial charge in [-0.2, -0.15) is 5.10 Å². The fourth-order valence-corrected chi connectivity index (χ4v) is 2.56. The van der Waals surface area contributed by atoms with E-state index in [2.05, 4.69) is 21.0 Å². The minimum Gasteiger partial charge on any atom is -0.383 e. The quantitative estimate of drug-likeness (QED) is 0.759. The van der Waals surface area contributed by atoms with Gasteiger partial charge in [0.05, 0.1) is 23.8 Å². The Kier molecular flexibility index (Phi) is 4.34. The van der Waals surface area contributed by atoms with E-state index in [9.17, 15) is 4.79 Å². The normalized spacial score (nSPS) is 15.9. The van der Waals surface area contributed by atoms with E-state index >= 15 is 0 Å². The number of hydrogen-bond acceptors (Lipinski definition) is 3. The maximum absolute atomic E-state index is 12.2. The number of nitrogens with zero attached hydrogens (tertiary/aromatic N) is 2. The number of carbonyl (C=O) groups excluding carboxylic acids is 1. The third-order valence-electron chi connectivity index (χ3n) is 3.26. The molecule has 0 aliphatic heterocycles. The monoisotopic (exact) mass is 300 g/mol. The maximum atomic E-state index is 12.2. The standard InChI is InChI=1S/C12H17BrN2O2/c1-17-6-5-15-12(10(13)8-14-15)11(16)7-9-3-2-4-9/h8-9H,2-7H2,1H3. The number of carbonyl (C=O) groups is 1. The summed E-state index contributed by atoms with van der Waals surface area (Å²) in [5.74, 6) is 0.773. The molecule has 0 amide bonds. The molecule has 0 atom stereocenters. The molecule has 1 saturated carbocycles. The predicted molar refractivity (Wildman–Crippen MR) is 68.1 cm³/mol. The molecule has 0 saturated heterocycles. The van der Waals surface area contributed by atoms with Gasteiger partial charge in [-0.15, -0.1) is 0 Å². The fourth-order valence-electron chi connectivity index (χ4n) is 2.04. The number of methoxy groups -OCH3 is 1. The van der Waals surface area contributed by atoms with Crippen LogP contribution in [0.15, 0.2) is 10.7 Å². The summed E-state index contributed by atoms with van der Waals surface area (Å²) in [5, 5.41) is 4.19. The molecule has 1 fully saturated rings. The van der Waals surface area contributed by atoms with Gasteiger partial charge in [0.2, 0.25) is 0 Å². The highest BCUT2D eigenvalue weighted by Gasteiger charge is 2.24. The minimum absolute atomic E-state index is 0.190. The summed E-state index contributed by atoms with van der Waals surface area (Å²) in [6.07, 6.45) is 5.98. The molecule has 0 spiro atoms. The zero-order valence-corrected chi connectivity index (χ0v) is 11.6. The number of rotatable bonds is 6. The van der Waals surface area contributed by atoms with Crippen LogP contribution in [0, 0.1) is 5.92 Å². The molecule has 0 unspecified atom stereocenters. The van der Waals surface area contributed by atoms with Gasteiger partial charge in [-0.1, -0.05) is 19.3 Å². The molecule has 1 aliphatic carbocycles. The van der Waals surface area contributed by atoms with Crippen molar-refractivity contribution in [3.8, 4) is 0 Å². The van der Waals surface area contributed by atoms with Gasteiger partial charge in [0.15, 0.2) is 5.78 Å². The van der Waals surface area contributed by atoms with E-state index in [0.29, 0.717) is 31.2 Å². The van der Waals surface area contributed by atoms with Gasteiger partial charge in [-0.05, 0) is 21.8 Å². The zero-order chi connectivity index (χ0) is 12.3. The Labute approximate surface area is 109 Å². The molecule has 94 valence electrons. The molecular formula is C12H17BrN2O2. The van der Waals surface area contributed by atoms with Crippen molar-refractivity contribution in [1.82, 2.24) is 9.78 Å². The van der Waals surface area contributed by atoms with Crippen molar-refractivity contribution in [2.75, 3.05) is 13.7 Å². The second kappa shape index (κ2) is 5.78. The molecular weight excluding hydrogens is 284 g/mol. The highest BCUT2D eigenvalue weighted by Crippen LogP contribution is 2.31. The molecule has 2 rings (SSSR count). The van der Waals surface area contributed by atoms with Crippen LogP contribution >= 0.6 is 15.9 Å². The van der Waals surface area contributed by atoms with Gasteiger partial charge >= 0.3 is 0 Å². The molecule has 0 aromatic carbocycles. The van der Waals surface area contributed by atoms with Gasteiger partial charge in [0, 0.05) is 13.5 Å². The number of ether oxygens (including phenoxy) is 1. The Bertz CT molecular complexity index is 399. The van der Waals surface area contributed by atoms with Gasteiger partial charge < -0.3 is 4.74 Å². The van der Waals surface area contributed by atoms with E-state index in [4.69, 9.17) is 4.74 Å². The first-order valence-corrected chi connectivity index (χ1v) is 6.75. The van der Waals surface area contributed by atoms with E-state index in [-0.39, 0.29) is 5.78 Å². The predicted octanol–water partition coefficient (Wildman–Crippen LogP) is 2.66. The lowest BCUT2D eigenvalue weighted by atomic mass is 9.81. The van der Waals surface area contributed by atoms with E-state index in [1.807, 2.05) is 0 Å². The summed E-state index contributed by atoms with van der Waals surface area (Å²) in [5.41, 5.74) is 0.689. The average Bonchev–Trinajstić information content (AvgIpc) is 2.62. The Balaban J connectivity index is 2.06. The van der Waals surface area contributed by atoms with Gasteiger partial charge in [-0.25, -0.2) is 0 Å². The van der Waals surface area contributed by atoms with Crippen LogP contribution in [-0.4, -0.2) is 29.3 Å². The summed E-state index contributed by atoms with van der Waals surface area (Å²) >= 11 is 3.39. The molecule has 1 heterocycles. The number of ketones is 1. The summed E-state index contributed by atoms with van der Waals surface area (Å²) in [7, 11) is 1.65. The molecule has 0 N–H and O–H groups in total. The Hall–Kier alpha value is -0.680. The maximum Gasteiger partial charge on any atom is 0.182 e. The number of hydrogen-bond donors (Lipinski definition) is 0. The molecule has 0 bridgehead atoms. The van der Waals surface area contributed by atoms with Crippen LogP contribution in [0.2, 0.25) is 0 Å². The Morgan fingerprint density at radius 1 is 1.65 bits per heavy atom. The number of aromatic nitrogens is 2. The second-order valence-electron chi connectivity index (χ2n) is 4.48. The van der Waals surface area contributed by atoms with E-state index in [1.54, 1.807) is 18.0 Å². The topological polar surface area (TPSA) is 44.1 Å². The first kappa shape index (κ1) is 12.8. The number of Topliss-reactive ketones (excluding diaryl/α,β-unsaturated/α-hetero) is 1. The van der Waals surface area contributed by atoms with Gasteiger partial charge in [0.1, 0.15) is 5.69 Å². The molecule has 1 aliphatic rings. The van der Waals surface area contributed by atoms with Gasteiger partial charge in [0.25, 0.3) is 0 Å². The Morgan fingerprint density at radius 3 is 3.00 bits per heavy atom. The van der Waals surface area contributed by atoms with Crippen LogP contribution < -0.4 is 0 Å². The van der Waals surface area contributed by atoms with Crippen LogP contribution in [-0.2, 0) is 11.3 Å². The number of halogens is 1. The third kappa shape index (κ3) is 2.96. The van der Waals surface area contributed by atoms with Crippen molar-refractivity contribution in [2.24, 2.45) is 5.92 Å². The van der Waals surface area contributed by atoms with Crippen LogP contribution in [0.5, 0.6) is 0 Å². The van der Waals surface area contributed by atoms with Crippen molar-refractivity contribution in [3.05, 3.63) is 16.4 Å². The van der Waals surface area contributed by atoms with Gasteiger partial charge in [-0.3, -0.25) is 9.48 Å². The summed E-state index contributed by atoms with van der Waals surface area (Å²) in [4.78, 5) is 12.2. The summed E-state index contributed by atoms with van der Waals surface area (Å²) in [6, 6.07) is 0. The summed E-state index contributed by atoms with van der Waals surface area (Å²) < 4.78 is 7.54. The first-order chi connectivity index (χ1) is 8.22. The lowest BCUT2D eigenvalue weighted by Gasteiger charge is -2.24. The Morgan fingerprint density at radius 2 is 2.41 bits per heavy atom. The third-order valence-corrected chi connectivity index (χ3v) is 3.85. The molecule has 1 aromatic heterocycles. The SMILES string of the molecule is COCCn1ncc(Br)c1C(=O)CC1CCC1. The van der Waals surface area contributed by atoms with Crippen molar-refractivity contribution < 1.29 is 9.53 Å². The van der Waals surface area contributed by atoms with E-state index in [0.717, 1.165) is 4.47 Å². The highest BCUT2D eigenvalue weighted by molar-refractivity contribution is 9.10. The van der Waals surface area contributed by atoms with Crippen LogP contribution in [0.4, 0.5) is 0 Å². The van der Waals surface area contributed by atoms with Crippen molar-refractivity contribution >= 4 is 21.7 Å². The minimum atomic E-state index is 0.190. The average molecular weight is 301 g/mol. The van der Waals surface area contributed by atoms with Crippen LogP contribution in [0.25, 0.3) is 0 Å². The van der Waals surface area contributed by atoms with E-state index in [1.165, 1.54) is 19.3 Å². The molecule has 5 heteroatoms. The lowest BCUT2D eigenvalue weighted by Crippen LogP contribution is -2.19.